The molecule has 0 saturated carbocycles. The maximum absolute atomic E-state index is 13.7. The number of esters is 1. The van der Waals surface area contributed by atoms with Crippen molar-refractivity contribution in [1.29, 1.82) is 0 Å². The van der Waals surface area contributed by atoms with E-state index < -0.39 is 29.3 Å². The highest BCUT2D eigenvalue weighted by molar-refractivity contribution is 9.10. The van der Waals surface area contributed by atoms with Gasteiger partial charge in [-0.15, -0.1) is 0 Å². The first-order chi connectivity index (χ1) is 8.43. The van der Waals surface area contributed by atoms with E-state index in [0.717, 1.165) is 13.2 Å². The molecule has 0 bridgehead atoms. The van der Waals surface area contributed by atoms with Crippen molar-refractivity contribution in [1.82, 2.24) is 0 Å². The van der Waals surface area contributed by atoms with E-state index in [1.54, 1.807) is 0 Å². The van der Waals surface area contributed by atoms with Crippen LogP contribution in [0.5, 0.6) is 5.75 Å². The van der Waals surface area contributed by atoms with Crippen LogP contribution in [0.3, 0.4) is 0 Å². The number of methoxy groups -OCH3 is 1. The number of halogens is 4. The van der Waals surface area contributed by atoms with Crippen molar-refractivity contribution in [2.75, 3.05) is 13.7 Å². The molecule has 0 radical (unpaired) electrons. The van der Waals surface area contributed by atoms with E-state index >= 15 is 0 Å². The Kier molecular flexibility index (Phi) is 5.01. The van der Waals surface area contributed by atoms with Gasteiger partial charge in [0.15, 0.2) is 11.6 Å². The Bertz CT molecular complexity index is 465. The summed E-state index contributed by atoms with van der Waals surface area (Å²) in [4.78, 5) is 11.2. The highest BCUT2D eigenvalue weighted by Crippen LogP contribution is 2.35. The number of benzene rings is 1. The summed E-state index contributed by atoms with van der Waals surface area (Å²) in [6.45, 7) is 1.42. The molecule has 0 aliphatic carbocycles. The maximum Gasteiger partial charge on any atom is 0.345 e. The molecule has 1 aromatic carbocycles. The van der Waals surface area contributed by atoms with E-state index in [1.807, 2.05) is 0 Å². The normalized spacial score (nSPS) is 12.1. The van der Waals surface area contributed by atoms with E-state index in [1.165, 1.54) is 6.92 Å². The second-order valence-electron chi connectivity index (χ2n) is 3.22. The Labute approximate surface area is 110 Å². The third kappa shape index (κ3) is 2.77. The molecule has 0 aliphatic heterocycles. The molecule has 1 aromatic rings. The van der Waals surface area contributed by atoms with Crippen LogP contribution in [0.15, 0.2) is 10.5 Å². The SMILES string of the molecule is CCOC(=O)C(F)c1c(Br)cc(OC)c(F)c1F. The van der Waals surface area contributed by atoms with Crippen LogP contribution in [0, 0.1) is 11.6 Å². The summed E-state index contributed by atoms with van der Waals surface area (Å²) in [6.07, 6.45) is -2.40. The minimum atomic E-state index is -2.40. The molecular formula is C11H10BrF3O3. The number of hydrogen-bond donors (Lipinski definition) is 0. The summed E-state index contributed by atoms with van der Waals surface area (Å²) < 4.78 is 49.6. The largest absolute Gasteiger partial charge is 0.494 e. The minimum Gasteiger partial charge on any atom is -0.494 e. The molecule has 100 valence electrons. The second kappa shape index (κ2) is 6.08. The Morgan fingerprint density at radius 2 is 2.06 bits per heavy atom. The van der Waals surface area contributed by atoms with Gasteiger partial charge in [-0.25, -0.2) is 13.6 Å². The first-order valence-electron chi connectivity index (χ1n) is 4.96. The number of rotatable bonds is 4. The predicted octanol–water partition coefficient (Wildman–Crippen LogP) is 3.31. The standard InChI is InChI=1S/C11H10BrF3O3/c1-3-18-11(16)10(15)7-5(12)4-6(17-2)8(13)9(7)14/h4,10H,3H2,1-2H3. The van der Waals surface area contributed by atoms with Gasteiger partial charge in [0.2, 0.25) is 12.0 Å². The van der Waals surface area contributed by atoms with Crippen LogP contribution in [-0.4, -0.2) is 19.7 Å². The Hall–Kier alpha value is -1.24. The zero-order chi connectivity index (χ0) is 13.9. The molecule has 1 unspecified atom stereocenters. The van der Waals surface area contributed by atoms with Gasteiger partial charge in [0.25, 0.3) is 0 Å². The lowest BCUT2D eigenvalue weighted by Crippen LogP contribution is -2.15. The van der Waals surface area contributed by atoms with E-state index in [9.17, 15) is 18.0 Å². The second-order valence-corrected chi connectivity index (χ2v) is 4.07. The molecule has 0 spiro atoms. The molecule has 0 fully saturated rings. The van der Waals surface area contributed by atoms with E-state index in [4.69, 9.17) is 0 Å². The number of ether oxygens (including phenoxy) is 2. The van der Waals surface area contributed by atoms with Crippen molar-refractivity contribution in [2.24, 2.45) is 0 Å². The van der Waals surface area contributed by atoms with Crippen molar-refractivity contribution in [3.05, 3.63) is 27.7 Å². The van der Waals surface area contributed by atoms with Crippen LogP contribution < -0.4 is 4.74 Å². The Morgan fingerprint density at radius 1 is 1.44 bits per heavy atom. The van der Waals surface area contributed by atoms with Crippen LogP contribution in [0.1, 0.15) is 18.7 Å². The van der Waals surface area contributed by atoms with Crippen LogP contribution in [0.25, 0.3) is 0 Å². The van der Waals surface area contributed by atoms with Crippen molar-refractivity contribution in [3.8, 4) is 5.75 Å². The fraction of sp³-hybridized carbons (Fsp3) is 0.364. The Morgan fingerprint density at radius 3 is 2.56 bits per heavy atom. The van der Waals surface area contributed by atoms with Gasteiger partial charge in [0, 0.05) is 4.47 Å². The molecule has 0 N–H and O–H groups in total. The van der Waals surface area contributed by atoms with Crippen LogP contribution in [0.2, 0.25) is 0 Å². The van der Waals surface area contributed by atoms with Gasteiger partial charge in [-0.1, -0.05) is 15.9 Å². The highest BCUT2D eigenvalue weighted by atomic mass is 79.9. The first kappa shape index (κ1) is 14.8. The van der Waals surface area contributed by atoms with Gasteiger partial charge in [-0.3, -0.25) is 0 Å². The quantitative estimate of drug-likeness (QED) is 0.629. The third-order valence-corrected chi connectivity index (χ3v) is 2.78. The topological polar surface area (TPSA) is 35.5 Å². The van der Waals surface area contributed by atoms with Crippen molar-refractivity contribution in [3.63, 3.8) is 0 Å². The molecule has 0 aromatic heterocycles. The summed E-state index contributed by atoms with van der Waals surface area (Å²) in [7, 11) is 1.14. The van der Waals surface area contributed by atoms with Gasteiger partial charge < -0.3 is 9.47 Å². The van der Waals surface area contributed by atoms with Crippen LogP contribution >= 0.6 is 15.9 Å². The van der Waals surface area contributed by atoms with Gasteiger partial charge >= 0.3 is 5.97 Å². The van der Waals surface area contributed by atoms with Crippen molar-refractivity contribution < 1.29 is 27.4 Å². The molecule has 7 heteroatoms. The number of carbonyl (C=O) groups excluding carboxylic acids is 1. The molecule has 0 saturated heterocycles. The first-order valence-corrected chi connectivity index (χ1v) is 5.75. The average molecular weight is 327 g/mol. The monoisotopic (exact) mass is 326 g/mol. The zero-order valence-corrected chi connectivity index (χ0v) is 11.2. The molecule has 1 atom stereocenters. The Balaban J connectivity index is 3.25. The molecule has 0 heterocycles. The van der Waals surface area contributed by atoms with E-state index in [-0.39, 0.29) is 16.8 Å². The van der Waals surface area contributed by atoms with Gasteiger partial charge in [0.05, 0.1) is 19.3 Å². The predicted molar refractivity (Wildman–Crippen MR) is 61.1 cm³/mol. The maximum atomic E-state index is 13.7. The zero-order valence-electron chi connectivity index (χ0n) is 9.60. The molecule has 0 aliphatic rings. The fourth-order valence-corrected chi connectivity index (χ4v) is 1.88. The van der Waals surface area contributed by atoms with E-state index in [2.05, 4.69) is 25.4 Å². The summed E-state index contributed by atoms with van der Waals surface area (Å²) in [5.74, 6) is -4.51. The molecule has 3 nitrogen and oxygen atoms in total. The van der Waals surface area contributed by atoms with Gasteiger partial charge in [0.1, 0.15) is 0 Å². The van der Waals surface area contributed by atoms with Crippen molar-refractivity contribution >= 4 is 21.9 Å². The summed E-state index contributed by atoms with van der Waals surface area (Å²) in [5, 5.41) is 0. The molecule has 18 heavy (non-hydrogen) atoms. The average Bonchev–Trinajstić information content (AvgIpc) is 2.34. The molecule has 1 rings (SSSR count). The highest BCUT2D eigenvalue weighted by Gasteiger charge is 2.30. The van der Waals surface area contributed by atoms with Crippen LogP contribution in [0.4, 0.5) is 13.2 Å². The third-order valence-electron chi connectivity index (χ3n) is 2.13. The number of hydrogen-bond acceptors (Lipinski definition) is 3. The lowest BCUT2D eigenvalue weighted by molar-refractivity contribution is -0.149. The smallest absolute Gasteiger partial charge is 0.345 e. The fourth-order valence-electron chi connectivity index (χ4n) is 1.30. The lowest BCUT2D eigenvalue weighted by Gasteiger charge is -2.13. The van der Waals surface area contributed by atoms with Crippen LogP contribution in [-0.2, 0) is 9.53 Å². The summed E-state index contributed by atoms with van der Waals surface area (Å²) in [5.41, 5.74) is -0.744. The summed E-state index contributed by atoms with van der Waals surface area (Å²) >= 11 is 2.86. The minimum absolute atomic E-state index is 0.0584. The van der Waals surface area contributed by atoms with Crippen molar-refractivity contribution in [2.45, 2.75) is 13.1 Å². The number of alkyl halides is 1. The molecular weight excluding hydrogens is 317 g/mol. The summed E-state index contributed by atoms with van der Waals surface area (Å²) in [6, 6.07) is 1.04. The molecule has 0 amide bonds. The van der Waals surface area contributed by atoms with Gasteiger partial charge in [-0.2, -0.15) is 4.39 Å². The number of carbonyl (C=O) groups is 1. The lowest BCUT2D eigenvalue weighted by atomic mass is 10.1. The van der Waals surface area contributed by atoms with E-state index in [0.29, 0.717) is 0 Å². The van der Waals surface area contributed by atoms with Gasteiger partial charge in [-0.05, 0) is 13.0 Å².